The molecular weight excluding hydrogens is 246 g/mol. The second-order valence-electron chi connectivity index (χ2n) is 7.01. The first kappa shape index (κ1) is 13.9. The molecule has 0 unspecified atom stereocenters. The predicted molar refractivity (Wildman–Crippen MR) is 83.3 cm³/mol. The van der Waals surface area contributed by atoms with Crippen LogP contribution in [0.15, 0.2) is 24.3 Å². The number of ether oxygens (including phenoxy) is 1. The van der Waals surface area contributed by atoms with Crippen LogP contribution >= 0.6 is 0 Å². The number of nitrogens with one attached hydrogen (secondary N) is 1. The lowest BCUT2D eigenvalue weighted by atomic mass is 9.75. The van der Waals surface area contributed by atoms with E-state index in [0.29, 0.717) is 17.4 Å². The van der Waals surface area contributed by atoms with Crippen molar-refractivity contribution in [2.45, 2.75) is 51.5 Å². The third-order valence-corrected chi connectivity index (χ3v) is 5.58. The highest BCUT2D eigenvalue weighted by atomic mass is 16.5. The summed E-state index contributed by atoms with van der Waals surface area (Å²) < 4.78 is 5.47. The molecule has 0 amide bonds. The molecule has 0 saturated heterocycles. The van der Waals surface area contributed by atoms with Crippen LogP contribution in [-0.4, -0.2) is 19.7 Å². The molecule has 2 aliphatic carbocycles. The monoisotopic (exact) mass is 273 g/mol. The van der Waals surface area contributed by atoms with Gasteiger partial charge in [0.05, 0.1) is 7.11 Å². The Hall–Kier alpha value is -1.02. The van der Waals surface area contributed by atoms with Crippen LogP contribution < -0.4 is 10.1 Å². The minimum Gasteiger partial charge on any atom is -0.496 e. The fourth-order valence-corrected chi connectivity index (χ4v) is 3.51. The Morgan fingerprint density at radius 3 is 2.55 bits per heavy atom. The van der Waals surface area contributed by atoms with E-state index in [1.807, 2.05) is 0 Å². The summed E-state index contributed by atoms with van der Waals surface area (Å²) in [6.45, 7) is 5.95. The average molecular weight is 273 g/mol. The molecule has 0 aliphatic heterocycles. The summed E-state index contributed by atoms with van der Waals surface area (Å²) in [6.07, 6.45) is 5.35. The van der Waals surface area contributed by atoms with Gasteiger partial charge in [-0.1, -0.05) is 32.0 Å². The molecule has 1 aromatic carbocycles. The van der Waals surface area contributed by atoms with Gasteiger partial charge in [-0.3, -0.25) is 0 Å². The van der Waals surface area contributed by atoms with Crippen LogP contribution in [0.5, 0.6) is 5.75 Å². The predicted octanol–water partition coefficient (Wildman–Crippen LogP) is 3.97. The van der Waals surface area contributed by atoms with Gasteiger partial charge in [-0.15, -0.1) is 0 Å². The first-order valence-electron chi connectivity index (χ1n) is 8.01. The lowest BCUT2D eigenvalue weighted by molar-refractivity contribution is 0.244. The molecule has 0 bridgehead atoms. The van der Waals surface area contributed by atoms with E-state index in [0.717, 1.165) is 11.7 Å². The lowest BCUT2D eigenvalue weighted by Crippen LogP contribution is -2.43. The van der Waals surface area contributed by atoms with Crippen LogP contribution in [0.4, 0.5) is 0 Å². The van der Waals surface area contributed by atoms with Crippen LogP contribution in [0.1, 0.15) is 51.0 Å². The molecule has 1 N–H and O–H groups in total. The van der Waals surface area contributed by atoms with Gasteiger partial charge in [-0.05, 0) is 54.6 Å². The van der Waals surface area contributed by atoms with Crippen molar-refractivity contribution in [3.05, 3.63) is 29.8 Å². The zero-order chi connectivity index (χ0) is 14.2. The Kier molecular flexibility index (Phi) is 3.76. The molecule has 20 heavy (non-hydrogen) atoms. The maximum absolute atomic E-state index is 5.47. The topological polar surface area (TPSA) is 21.3 Å². The molecule has 0 atom stereocenters. The molecule has 0 aromatic heterocycles. The van der Waals surface area contributed by atoms with E-state index in [2.05, 4.69) is 43.4 Å². The number of benzene rings is 1. The van der Waals surface area contributed by atoms with Crippen molar-refractivity contribution < 1.29 is 4.74 Å². The van der Waals surface area contributed by atoms with Gasteiger partial charge < -0.3 is 10.1 Å². The van der Waals surface area contributed by atoms with Gasteiger partial charge in [-0.25, -0.2) is 0 Å². The van der Waals surface area contributed by atoms with Gasteiger partial charge in [0.15, 0.2) is 0 Å². The van der Waals surface area contributed by atoms with E-state index in [1.54, 1.807) is 7.11 Å². The molecule has 0 heterocycles. The highest BCUT2D eigenvalue weighted by Gasteiger charge is 2.45. The van der Waals surface area contributed by atoms with E-state index in [-0.39, 0.29) is 0 Å². The Balaban J connectivity index is 1.49. The average Bonchev–Trinajstić information content (AvgIpc) is 3.18. The van der Waals surface area contributed by atoms with Crippen molar-refractivity contribution in [3.63, 3.8) is 0 Å². The van der Waals surface area contributed by atoms with Crippen LogP contribution in [-0.2, 0) is 0 Å². The van der Waals surface area contributed by atoms with E-state index >= 15 is 0 Å². The van der Waals surface area contributed by atoms with Crippen LogP contribution in [0.25, 0.3) is 0 Å². The SMILES string of the molecule is COc1ccccc1C1CC(NCC2(C(C)C)CC2)C1. The third kappa shape index (κ3) is 2.58. The smallest absolute Gasteiger partial charge is 0.122 e. The third-order valence-electron chi connectivity index (χ3n) is 5.58. The molecule has 2 aliphatic rings. The zero-order valence-corrected chi connectivity index (χ0v) is 13.0. The fourth-order valence-electron chi connectivity index (χ4n) is 3.51. The van der Waals surface area contributed by atoms with Gasteiger partial charge in [0.1, 0.15) is 5.75 Å². The van der Waals surface area contributed by atoms with E-state index in [1.165, 1.54) is 37.8 Å². The first-order valence-corrected chi connectivity index (χ1v) is 8.01. The highest BCUT2D eigenvalue weighted by Crippen LogP contribution is 2.51. The maximum Gasteiger partial charge on any atom is 0.122 e. The maximum atomic E-state index is 5.47. The molecular formula is C18H27NO. The normalized spacial score (nSPS) is 27.2. The van der Waals surface area contributed by atoms with Crippen LogP contribution in [0.2, 0.25) is 0 Å². The molecule has 110 valence electrons. The van der Waals surface area contributed by atoms with Crippen LogP contribution in [0, 0.1) is 11.3 Å². The Morgan fingerprint density at radius 1 is 1.25 bits per heavy atom. The van der Waals surface area contributed by atoms with Gasteiger partial charge in [0, 0.05) is 12.6 Å². The van der Waals surface area contributed by atoms with Crippen molar-refractivity contribution in [2.75, 3.05) is 13.7 Å². The summed E-state index contributed by atoms with van der Waals surface area (Å²) in [5, 5.41) is 3.80. The lowest BCUT2D eigenvalue weighted by Gasteiger charge is -2.38. The van der Waals surface area contributed by atoms with Crippen molar-refractivity contribution in [1.82, 2.24) is 5.32 Å². The van der Waals surface area contributed by atoms with E-state index < -0.39 is 0 Å². The summed E-state index contributed by atoms with van der Waals surface area (Å²) in [6, 6.07) is 9.18. The molecule has 0 spiro atoms. The molecule has 3 rings (SSSR count). The quantitative estimate of drug-likeness (QED) is 0.847. The van der Waals surface area contributed by atoms with Gasteiger partial charge in [0.2, 0.25) is 0 Å². The summed E-state index contributed by atoms with van der Waals surface area (Å²) in [4.78, 5) is 0. The van der Waals surface area contributed by atoms with Crippen molar-refractivity contribution in [2.24, 2.45) is 11.3 Å². The number of rotatable bonds is 6. The highest BCUT2D eigenvalue weighted by molar-refractivity contribution is 5.37. The van der Waals surface area contributed by atoms with E-state index in [4.69, 9.17) is 4.74 Å². The minimum absolute atomic E-state index is 0.621. The molecule has 2 nitrogen and oxygen atoms in total. The molecule has 2 saturated carbocycles. The Bertz CT molecular complexity index is 458. The minimum atomic E-state index is 0.621. The number of para-hydroxylation sites is 1. The Labute approximate surface area is 122 Å². The van der Waals surface area contributed by atoms with E-state index in [9.17, 15) is 0 Å². The first-order chi connectivity index (χ1) is 9.64. The Morgan fingerprint density at radius 2 is 1.95 bits per heavy atom. The molecule has 2 fully saturated rings. The number of methoxy groups -OCH3 is 1. The van der Waals surface area contributed by atoms with Gasteiger partial charge in [0.25, 0.3) is 0 Å². The number of hydrogen-bond donors (Lipinski definition) is 1. The van der Waals surface area contributed by atoms with Crippen molar-refractivity contribution in [1.29, 1.82) is 0 Å². The van der Waals surface area contributed by atoms with Gasteiger partial charge >= 0.3 is 0 Å². The summed E-state index contributed by atoms with van der Waals surface area (Å²) in [5.41, 5.74) is 2.01. The van der Waals surface area contributed by atoms with Crippen molar-refractivity contribution >= 4 is 0 Å². The second-order valence-corrected chi connectivity index (χ2v) is 7.01. The molecule has 0 radical (unpaired) electrons. The van der Waals surface area contributed by atoms with Crippen LogP contribution in [0.3, 0.4) is 0 Å². The fraction of sp³-hybridized carbons (Fsp3) is 0.667. The largest absolute Gasteiger partial charge is 0.496 e. The summed E-state index contributed by atoms with van der Waals surface area (Å²) in [5.74, 6) is 2.55. The molecule has 1 aromatic rings. The number of hydrogen-bond acceptors (Lipinski definition) is 2. The summed E-state index contributed by atoms with van der Waals surface area (Å²) >= 11 is 0. The second kappa shape index (κ2) is 5.40. The summed E-state index contributed by atoms with van der Waals surface area (Å²) in [7, 11) is 1.77. The van der Waals surface area contributed by atoms with Crippen molar-refractivity contribution in [3.8, 4) is 5.75 Å². The van der Waals surface area contributed by atoms with Gasteiger partial charge in [-0.2, -0.15) is 0 Å². The molecule has 2 heteroatoms. The zero-order valence-electron chi connectivity index (χ0n) is 13.0. The standard InChI is InChI=1S/C18H27NO/c1-13(2)18(8-9-18)12-19-15-10-14(11-15)16-6-4-5-7-17(16)20-3/h4-7,13-15,19H,8-12H2,1-3H3.